The Morgan fingerprint density at radius 1 is 1.29 bits per heavy atom. The number of hydrogen-bond donors (Lipinski definition) is 1. The number of nitro groups is 1. The second-order valence-electron chi connectivity index (χ2n) is 4.21. The molecule has 0 bridgehead atoms. The number of hydrogen-bond acceptors (Lipinski definition) is 5. The minimum absolute atomic E-state index is 0.106. The molecule has 3 rings (SSSR count). The van der Waals surface area contributed by atoms with Gasteiger partial charge in [-0.3, -0.25) is 10.1 Å². The van der Waals surface area contributed by atoms with E-state index in [9.17, 15) is 14.9 Å². The first-order valence-corrected chi connectivity index (χ1v) is 5.89. The van der Waals surface area contributed by atoms with Crippen LogP contribution in [0.15, 0.2) is 42.7 Å². The molecule has 8 heteroatoms. The van der Waals surface area contributed by atoms with Gasteiger partial charge in [0.15, 0.2) is 5.69 Å². The zero-order chi connectivity index (χ0) is 15.0. The van der Waals surface area contributed by atoms with Crippen molar-refractivity contribution in [2.24, 2.45) is 0 Å². The summed E-state index contributed by atoms with van der Waals surface area (Å²) in [5.41, 5.74) is 0.536. The molecule has 0 unspecified atom stereocenters. The van der Waals surface area contributed by atoms with Crippen molar-refractivity contribution < 1.29 is 14.8 Å². The largest absolute Gasteiger partial charge is 0.476 e. The van der Waals surface area contributed by atoms with Gasteiger partial charge < -0.3 is 5.11 Å². The van der Waals surface area contributed by atoms with E-state index >= 15 is 0 Å². The zero-order valence-corrected chi connectivity index (χ0v) is 10.5. The van der Waals surface area contributed by atoms with Crippen LogP contribution in [0.3, 0.4) is 0 Å². The van der Waals surface area contributed by atoms with E-state index in [-0.39, 0.29) is 16.9 Å². The van der Waals surface area contributed by atoms with Gasteiger partial charge in [0, 0.05) is 23.8 Å². The Morgan fingerprint density at radius 3 is 2.76 bits per heavy atom. The lowest BCUT2D eigenvalue weighted by molar-refractivity contribution is -0.383. The van der Waals surface area contributed by atoms with E-state index in [4.69, 9.17) is 5.11 Å². The minimum atomic E-state index is -1.14. The molecule has 0 amide bonds. The summed E-state index contributed by atoms with van der Waals surface area (Å²) in [6, 6.07) is 7.52. The highest BCUT2D eigenvalue weighted by Crippen LogP contribution is 2.28. The van der Waals surface area contributed by atoms with Gasteiger partial charge in [0.2, 0.25) is 0 Å². The quantitative estimate of drug-likeness (QED) is 0.581. The first-order valence-electron chi connectivity index (χ1n) is 5.89. The first kappa shape index (κ1) is 12.7. The summed E-state index contributed by atoms with van der Waals surface area (Å²) in [7, 11) is 0. The van der Waals surface area contributed by atoms with Crippen molar-refractivity contribution in [1.29, 1.82) is 0 Å². The van der Waals surface area contributed by atoms with Crippen LogP contribution in [-0.2, 0) is 0 Å². The number of pyridine rings is 1. The van der Waals surface area contributed by atoms with Crippen molar-refractivity contribution in [3.8, 4) is 5.69 Å². The number of non-ortho nitro benzene ring substituents is 1. The second kappa shape index (κ2) is 4.67. The van der Waals surface area contributed by atoms with Gasteiger partial charge >= 0.3 is 5.97 Å². The van der Waals surface area contributed by atoms with E-state index in [0.29, 0.717) is 11.1 Å². The molecule has 1 N–H and O–H groups in total. The summed E-state index contributed by atoms with van der Waals surface area (Å²) in [5.74, 6) is -1.14. The molecule has 0 spiro atoms. The summed E-state index contributed by atoms with van der Waals surface area (Å²) < 4.78 is 1.36. The Morgan fingerprint density at radius 2 is 2.10 bits per heavy atom. The normalized spacial score (nSPS) is 10.7. The lowest BCUT2D eigenvalue weighted by Crippen LogP contribution is -2.02. The molecular weight excluding hydrogens is 276 g/mol. The van der Waals surface area contributed by atoms with Crippen molar-refractivity contribution in [2.75, 3.05) is 0 Å². The molecule has 1 aromatic carbocycles. The van der Waals surface area contributed by atoms with E-state index in [1.165, 1.54) is 35.3 Å². The minimum Gasteiger partial charge on any atom is -0.476 e. The van der Waals surface area contributed by atoms with Gasteiger partial charge in [0.25, 0.3) is 5.69 Å². The molecule has 0 radical (unpaired) electrons. The summed E-state index contributed by atoms with van der Waals surface area (Å²) in [5, 5.41) is 24.4. The van der Waals surface area contributed by atoms with E-state index in [0.717, 1.165) is 0 Å². The van der Waals surface area contributed by atoms with Crippen LogP contribution in [0.25, 0.3) is 16.6 Å². The molecule has 0 saturated carbocycles. The number of nitrogens with zero attached hydrogens (tertiary/aromatic N) is 4. The van der Waals surface area contributed by atoms with Crippen LogP contribution in [0, 0.1) is 10.1 Å². The monoisotopic (exact) mass is 284 g/mol. The van der Waals surface area contributed by atoms with Crippen LogP contribution in [0.5, 0.6) is 0 Å². The van der Waals surface area contributed by atoms with Gasteiger partial charge in [-0.05, 0) is 24.3 Å². The van der Waals surface area contributed by atoms with Gasteiger partial charge in [-0.25, -0.2) is 14.5 Å². The van der Waals surface area contributed by atoms with E-state index in [1.807, 2.05) is 0 Å². The molecule has 8 nitrogen and oxygen atoms in total. The van der Waals surface area contributed by atoms with Crippen LogP contribution in [0.4, 0.5) is 5.69 Å². The van der Waals surface area contributed by atoms with Gasteiger partial charge in [-0.1, -0.05) is 0 Å². The number of rotatable bonds is 3. The topological polar surface area (TPSA) is 111 Å². The number of aromatic nitrogens is 3. The summed E-state index contributed by atoms with van der Waals surface area (Å²) in [4.78, 5) is 25.4. The fourth-order valence-corrected chi connectivity index (χ4v) is 2.06. The number of aromatic carboxylic acids is 1. The highest BCUT2D eigenvalue weighted by Gasteiger charge is 2.17. The average Bonchev–Trinajstić information content (AvgIpc) is 2.95. The third kappa shape index (κ3) is 2.08. The molecule has 0 atom stereocenters. The number of carbonyl (C=O) groups is 1. The third-order valence-electron chi connectivity index (χ3n) is 2.98. The van der Waals surface area contributed by atoms with Gasteiger partial charge in [0.1, 0.15) is 5.52 Å². The van der Waals surface area contributed by atoms with Crippen LogP contribution in [0.1, 0.15) is 10.5 Å². The standard InChI is InChI=1S/C13H8N4O4/c18-13(19)9-5-7-16(15-9)10-3-4-11(17(20)21)12-8(10)2-1-6-14-12/h1-7H,(H,18,19). The molecule has 0 fully saturated rings. The summed E-state index contributed by atoms with van der Waals surface area (Å²) in [6.45, 7) is 0. The second-order valence-corrected chi connectivity index (χ2v) is 4.21. The molecule has 104 valence electrons. The number of nitro benzene ring substituents is 1. The Hall–Kier alpha value is -3.29. The molecular formula is C13H8N4O4. The van der Waals surface area contributed by atoms with E-state index in [1.54, 1.807) is 12.1 Å². The Bertz CT molecular complexity index is 871. The molecule has 0 saturated heterocycles. The highest BCUT2D eigenvalue weighted by atomic mass is 16.6. The van der Waals surface area contributed by atoms with E-state index in [2.05, 4.69) is 10.1 Å². The summed E-state index contributed by atoms with van der Waals surface area (Å²) in [6.07, 6.45) is 2.95. The van der Waals surface area contributed by atoms with Gasteiger partial charge in [-0.15, -0.1) is 0 Å². The first-order chi connectivity index (χ1) is 10.1. The third-order valence-corrected chi connectivity index (χ3v) is 2.98. The molecule has 0 aliphatic heterocycles. The lowest BCUT2D eigenvalue weighted by Gasteiger charge is -2.06. The van der Waals surface area contributed by atoms with Gasteiger partial charge in [-0.2, -0.15) is 5.10 Å². The maximum Gasteiger partial charge on any atom is 0.356 e. The smallest absolute Gasteiger partial charge is 0.356 e. The van der Waals surface area contributed by atoms with Crippen LogP contribution in [-0.4, -0.2) is 30.8 Å². The van der Waals surface area contributed by atoms with Crippen molar-refractivity contribution in [1.82, 2.24) is 14.8 Å². The predicted octanol–water partition coefficient (Wildman–Crippen LogP) is 2.03. The Kier molecular flexibility index (Phi) is 2.83. The number of carboxylic acid groups (broad SMARTS) is 1. The number of benzene rings is 1. The number of fused-ring (bicyclic) bond motifs is 1. The highest BCUT2D eigenvalue weighted by molar-refractivity contribution is 5.93. The Balaban J connectivity index is 2.26. The molecule has 2 heterocycles. The molecule has 0 aliphatic rings. The number of carboxylic acids is 1. The fourth-order valence-electron chi connectivity index (χ4n) is 2.06. The predicted molar refractivity (Wildman–Crippen MR) is 72.5 cm³/mol. The van der Waals surface area contributed by atoms with Crippen molar-refractivity contribution in [3.63, 3.8) is 0 Å². The molecule has 0 aliphatic carbocycles. The summed E-state index contributed by atoms with van der Waals surface area (Å²) >= 11 is 0. The molecule has 3 aromatic rings. The molecule has 2 aromatic heterocycles. The van der Waals surface area contributed by atoms with E-state index < -0.39 is 10.9 Å². The van der Waals surface area contributed by atoms with Crippen molar-refractivity contribution in [3.05, 3.63) is 58.5 Å². The van der Waals surface area contributed by atoms with Gasteiger partial charge in [0.05, 0.1) is 10.6 Å². The molecule has 21 heavy (non-hydrogen) atoms. The van der Waals surface area contributed by atoms with Crippen LogP contribution >= 0.6 is 0 Å². The van der Waals surface area contributed by atoms with Crippen LogP contribution < -0.4 is 0 Å². The maximum atomic E-state index is 11.0. The lowest BCUT2D eigenvalue weighted by atomic mass is 10.1. The zero-order valence-electron chi connectivity index (χ0n) is 10.5. The van der Waals surface area contributed by atoms with Crippen molar-refractivity contribution >= 4 is 22.6 Å². The Labute approximate surface area is 117 Å². The van der Waals surface area contributed by atoms with Crippen molar-refractivity contribution in [2.45, 2.75) is 0 Å². The maximum absolute atomic E-state index is 11.0. The average molecular weight is 284 g/mol. The SMILES string of the molecule is O=C(O)c1ccn(-c2ccc([N+](=O)[O-])c3ncccc23)n1. The fraction of sp³-hybridized carbons (Fsp3) is 0. The van der Waals surface area contributed by atoms with Crippen LogP contribution in [0.2, 0.25) is 0 Å².